The number of benzene rings is 1. The number of anilines is 1. The number of pyridine rings is 1. The van der Waals surface area contributed by atoms with E-state index in [0.717, 1.165) is 24.0 Å². The Labute approximate surface area is 125 Å². The van der Waals surface area contributed by atoms with E-state index >= 15 is 0 Å². The van der Waals surface area contributed by atoms with Gasteiger partial charge in [-0.15, -0.1) is 0 Å². The summed E-state index contributed by atoms with van der Waals surface area (Å²) in [6.45, 7) is 4.54. The molecule has 1 aromatic carbocycles. The molecule has 0 radical (unpaired) electrons. The Morgan fingerprint density at radius 1 is 1.33 bits per heavy atom. The number of likely N-dealkylation sites (N-methyl/N-ethyl adjacent to an activating group) is 1. The number of carbonyl (C=O) groups is 1. The van der Waals surface area contributed by atoms with Crippen LogP contribution in [0.4, 0.5) is 5.82 Å². The molecule has 2 aromatic rings. The van der Waals surface area contributed by atoms with Crippen molar-refractivity contribution in [3.05, 3.63) is 35.9 Å². The highest BCUT2D eigenvalue weighted by Crippen LogP contribution is 2.20. The minimum atomic E-state index is -0.0606. The molecule has 0 bridgehead atoms. The van der Waals surface area contributed by atoms with Crippen LogP contribution in [0.1, 0.15) is 17.3 Å². The maximum atomic E-state index is 12.4. The topological polar surface area (TPSA) is 57.3 Å². The van der Waals surface area contributed by atoms with E-state index in [9.17, 15) is 4.79 Å². The SMILES string of the molecule is CCN(C)CCNC(=O)c1cc(NC)nc2ccccc12. The van der Waals surface area contributed by atoms with E-state index < -0.39 is 0 Å². The summed E-state index contributed by atoms with van der Waals surface area (Å²) in [6, 6.07) is 9.48. The van der Waals surface area contributed by atoms with Crippen molar-refractivity contribution in [2.75, 3.05) is 39.0 Å². The molecule has 1 aromatic heterocycles. The largest absolute Gasteiger partial charge is 0.373 e. The van der Waals surface area contributed by atoms with Gasteiger partial charge in [0.2, 0.25) is 0 Å². The molecule has 0 saturated carbocycles. The third kappa shape index (κ3) is 3.70. The first-order valence-corrected chi connectivity index (χ1v) is 7.20. The van der Waals surface area contributed by atoms with Crippen molar-refractivity contribution in [1.82, 2.24) is 15.2 Å². The summed E-state index contributed by atoms with van der Waals surface area (Å²) in [5.74, 6) is 0.638. The van der Waals surface area contributed by atoms with Gasteiger partial charge in [0.15, 0.2) is 0 Å². The maximum absolute atomic E-state index is 12.4. The van der Waals surface area contributed by atoms with Gasteiger partial charge in [0.1, 0.15) is 5.82 Å². The lowest BCUT2D eigenvalue weighted by molar-refractivity contribution is 0.0952. The van der Waals surface area contributed by atoms with Crippen LogP contribution in [0.2, 0.25) is 0 Å². The second kappa shape index (κ2) is 7.04. The van der Waals surface area contributed by atoms with Gasteiger partial charge in [0, 0.05) is 25.5 Å². The fraction of sp³-hybridized carbons (Fsp3) is 0.375. The van der Waals surface area contributed by atoms with Crippen LogP contribution in [0.25, 0.3) is 10.9 Å². The molecule has 0 unspecified atom stereocenters. The van der Waals surface area contributed by atoms with Gasteiger partial charge in [0.05, 0.1) is 11.1 Å². The predicted molar refractivity (Wildman–Crippen MR) is 86.8 cm³/mol. The van der Waals surface area contributed by atoms with Crippen LogP contribution >= 0.6 is 0 Å². The lowest BCUT2D eigenvalue weighted by atomic mass is 10.1. The van der Waals surface area contributed by atoms with Crippen molar-refractivity contribution in [1.29, 1.82) is 0 Å². The summed E-state index contributed by atoms with van der Waals surface area (Å²) in [5, 5.41) is 6.84. The average Bonchev–Trinajstić information content (AvgIpc) is 2.53. The van der Waals surface area contributed by atoms with Crippen LogP contribution in [0.15, 0.2) is 30.3 Å². The van der Waals surface area contributed by atoms with Gasteiger partial charge in [0.25, 0.3) is 5.91 Å². The molecule has 21 heavy (non-hydrogen) atoms. The summed E-state index contributed by atoms with van der Waals surface area (Å²) in [5.41, 5.74) is 1.48. The molecule has 0 aliphatic rings. The lowest BCUT2D eigenvalue weighted by Crippen LogP contribution is -2.33. The summed E-state index contributed by atoms with van der Waals surface area (Å²) >= 11 is 0. The summed E-state index contributed by atoms with van der Waals surface area (Å²) < 4.78 is 0. The van der Waals surface area contributed by atoms with E-state index in [4.69, 9.17) is 0 Å². The molecule has 112 valence electrons. The van der Waals surface area contributed by atoms with Crippen LogP contribution in [0.5, 0.6) is 0 Å². The Bertz CT molecular complexity index is 627. The van der Waals surface area contributed by atoms with Gasteiger partial charge in [-0.1, -0.05) is 25.1 Å². The zero-order chi connectivity index (χ0) is 15.2. The third-order valence-electron chi connectivity index (χ3n) is 3.54. The molecule has 5 nitrogen and oxygen atoms in total. The molecule has 0 atom stereocenters. The van der Waals surface area contributed by atoms with Crippen molar-refractivity contribution < 1.29 is 4.79 Å². The highest BCUT2D eigenvalue weighted by Gasteiger charge is 2.12. The number of para-hydroxylation sites is 1. The van der Waals surface area contributed by atoms with Gasteiger partial charge in [-0.3, -0.25) is 4.79 Å². The van der Waals surface area contributed by atoms with Crippen molar-refractivity contribution >= 4 is 22.6 Å². The Hall–Kier alpha value is -2.14. The maximum Gasteiger partial charge on any atom is 0.252 e. The minimum absolute atomic E-state index is 0.0606. The van der Waals surface area contributed by atoms with Crippen LogP contribution in [0, 0.1) is 0 Å². The monoisotopic (exact) mass is 286 g/mol. The van der Waals surface area contributed by atoms with E-state index in [1.807, 2.05) is 31.3 Å². The summed E-state index contributed by atoms with van der Waals surface area (Å²) in [4.78, 5) is 19.0. The summed E-state index contributed by atoms with van der Waals surface area (Å²) in [6.07, 6.45) is 0. The number of aromatic nitrogens is 1. The van der Waals surface area contributed by atoms with Gasteiger partial charge >= 0.3 is 0 Å². The van der Waals surface area contributed by atoms with Crippen LogP contribution in [-0.2, 0) is 0 Å². The average molecular weight is 286 g/mol. The van der Waals surface area contributed by atoms with E-state index in [2.05, 4.69) is 27.4 Å². The molecule has 2 N–H and O–H groups in total. The molecular weight excluding hydrogens is 264 g/mol. The van der Waals surface area contributed by atoms with E-state index in [-0.39, 0.29) is 5.91 Å². The highest BCUT2D eigenvalue weighted by atomic mass is 16.1. The molecular formula is C16H22N4O. The molecule has 1 amide bonds. The lowest BCUT2D eigenvalue weighted by Gasteiger charge is -2.14. The zero-order valence-electron chi connectivity index (χ0n) is 12.8. The molecule has 0 saturated heterocycles. The van der Waals surface area contributed by atoms with E-state index in [1.165, 1.54) is 0 Å². The fourth-order valence-electron chi connectivity index (χ4n) is 2.10. The molecule has 1 heterocycles. The van der Waals surface area contributed by atoms with Crippen LogP contribution in [-0.4, -0.2) is 49.5 Å². The molecule has 0 aliphatic carbocycles. The van der Waals surface area contributed by atoms with Crippen molar-refractivity contribution in [2.24, 2.45) is 0 Å². The smallest absolute Gasteiger partial charge is 0.252 e. The second-order valence-corrected chi connectivity index (χ2v) is 4.97. The molecule has 0 aliphatic heterocycles. The second-order valence-electron chi connectivity index (χ2n) is 4.97. The first-order valence-electron chi connectivity index (χ1n) is 7.20. The highest BCUT2D eigenvalue weighted by molar-refractivity contribution is 6.06. The van der Waals surface area contributed by atoms with Gasteiger partial charge in [-0.2, -0.15) is 0 Å². The Morgan fingerprint density at radius 2 is 2.10 bits per heavy atom. The number of hydrogen-bond donors (Lipinski definition) is 2. The quantitative estimate of drug-likeness (QED) is 0.852. The van der Waals surface area contributed by atoms with Gasteiger partial charge in [-0.05, 0) is 25.7 Å². The molecule has 5 heteroatoms. The Morgan fingerprint density at radius 3 is 2.81 bits per heavy atom. The number of rotatable bonds is 6. The third-order valence-corrected chi connectivity index (χ3v) is 3.54. The molecule has 2 rings (SSSR count). The molecule has 0 fully saturated rings. The number of hydrogen-bond acceptors (Lipinski definition) is 4. The number of amides is 1. The predicted octanol–water partition coefficient (Wildman–Crippen LogP) is 1.96. The van der Waals surface area contributed by atoms with Crippen molar-refractivity contribution in [2.45, 2.75) is 6.92 Å². The number of fused-ring (bicyclic) bond motifs is 1. The normalized spacial score (nSPS) is 10.9. The zero-order valence-corrected chi connectivity index (χ0v) is 12.8. The number of nitrogens with one attached hydrogen (secondary N) is 2. The fourth-order valence-corrected chi connectivity index (χ4v) is 2.10. The minimum Gasteiger partial charge on any atom is -0.373 e. The van der Waals surface area contributed by atoms with Gasteiger partial charge < -0.3 is 15.5 Å². The standard InChI is InChI=1S/C16H22N4O/c1-4-20(3)10-9-18-16(21)13-11-15(17-2)19-14-8-6-5-7-12(13)14/h5-8,11H,4,9-10H2,1-3H3,(H,17,19)(H,18,21). The molecule has 0 spiro atoms. The Balaban J connectivity index is 2.21. The van der Waals surface area contributed by atoms with Crippen molar-refractivity contribution in [3.8, 4) is 0 Å². The van der Waals surface area contributed by atoms with Crippen molar-refractivity contribution in [3.63, 3.8) is 0 Å². The van der Waals surface area contributed by atoms with Gasteiger partial charge in [-0.25, -0.2) is 4.98 Å². The van der Waals surface area contributed by atoms with E-state index in [0.29, 0.717) is 17.9 Å². The Kier molecular flexibility index (Phi) is 5.11. The van der Waals surface area contributed by atoms with Crippen LogP contribution < -0.4 is 10.6 Å². The first kappa shape index (κ1) is 15.3. The summed E-state index contributed by atoms with van der Waals surface area (Å²) in [7, 11) is 3.84. The number of carbonyl (C=O) groups excluding carboxylic acids is 1. The number of nitrogens with zero attached hydrogens (tertiary/aromatic N) is 2. The first-order chi connectivity index (χ1) is 10.2. The van der Waals surface area contributed by atoms with Crippen LogP contribution in [0.3, 0.4) is 0 Å². The van der Waals surface area contributed by atoms with E-state index in [1.54, 1.807) is 13.1 Å².